The Hall–Kier alpha value is -3.47. The molecule has 3 rings (SSSR count). The van der Waals surface area contributed by atoms with Crippen LogP contribution >= 0.6 is 0 Å². The summed E-state index contributed by atoms with van der Waals surface area (Å²) in [5.74, 6) is -0.592. The zero-order valence-corrected chi connectivity index (χ0v) is 16.2. The topological polar surface area (TPSA) is 71.1 Å². The van der Waals surface area contributed by atoms with Crippen molar-refractivity contribution in [2.24, 2.45) is 0 Å². The number of aromatic nitrogens is 1. The third-order valence-corrected chi connectivity index (χ3v) is 4.68. The molecule has 0 aliphatic heterocycles. The van der Waals surface area contributed by atoms with Gasteiger partial charge < -0.3 is 10.6 Å². The van der Waals surface area contributed by atoms with Crippen LogP contribution < -0.4 is 10.6 Å². The maximum atomic E-state index is 12.6. The Morgan fingerprint density at radius 3 is 2.43 bits per heavy atom. The van der Waals surface area contributed by atoms with Crippen LogP contribution in [0.3, 0.4) is 0 Å². The van der Waals surface area contributed by atoms with Gasteiger partial charge in [0.1, 0.15) is 5.69 Å². The summed E-state index contributed by atoms with van der Waals surface area (Å²) in [5, 5.41) is 5.73. The van der Waals surface area contributed by atoms with Crippen molar-refractivity contribution in [3.05, 3.63) is 94.3 Å². The van der Waals surface area contributed by atoms with Crippen LogP contribution in [0.15, 0.2) is 60.8 Å². The molecule has 0 aliphatic carbocycles. The SMILES string of the molecule is Cc1ccc(CNC(=O)c2cc(C(=O)Nc3cccc(C)c3C)ccn2)cc1. The molecule has 2 aromatic carbocycles. The lowest BCUT2D eigenvalue weighted by Crippen LogP contribution is -2.24. The van der Waals surface area contributed by atoms with Gasteiger partial charge in [-0.1, -0.05) is 42.0 Å². The molecule has 5 heteroatoms. The third kappa shape index (κ3) is 4.62. The first-order valence-corrected chi connectivity index (χ1v) is 9.11. The number of carbonyl (C=O) groups is 2. The summed E-state index contributed by atoms with van der Waals surface area (Å²) in [5.41, 5.74) is 5.64. The maximum Gasteiger partial charge on any atom is 0.270 e. The average Bonchev–Trinajstić information content (AvgIpc) is 2.71. The zero-order valence-electron chi connectivity index (χ0n) is 16.2. The van der Waals surface area contributed by atoms with E-state index in [4.69, 9.17) is 0 Å². The van der Waals surface area contributed by atoms with Crippen LogP contribution in [0.25, 0.3) is 0 Å². The Balaban J connectivity index is 1.68. The van der Waals surface area contributed by atoms with E-state index in [2.05, 4.69) is 15.6 Å². The predicted octanol–water partition coefficient (Wildman–Crippen LogP) is 4.19. The molecular formula is C23H23N3O2. The van der Waals surface area contributed by atoms with Gasteiger partial charge in [-0.3, -0.25) is 14.6 Å². The second-order valence-corrected chi connectivity index (χ2v) is 6.80. The van der Waals surface area contributed by atoms with E-state index in [1.54, 1.807) is 6.07 Å². The van der Waals surface area contributed by atoms with Crippen molar-refractivity contribution in [2.75, 3.05) is 5.32 Å². The monoisotopic (exact) mass is 373 g/mol. The van der Waals surface area contributed by atoms with Gasteiger partial charge in [0.15, 0.2) is 0 Å². The third-order valence-electron chi connectivity index (χ3n) is 4.68. The molecule has 1 heterocycles. The molecule has 3 aromatic rings. The molecule has 0 fully saturated rings. The van der Waals surface area contributed by atoms with E-state index in [0.717, 1.165) is 22.4 Å². The number of amides is 2. The molecule has 0 unspecified atom stereocenters. The molecule has 0 saturated carbocycles. The van der Waals surface area contributed by atoms with E-state index in [1.807, 2.05) is 63.2 Å². The van der Waals surface area contributed by atoms with Crippen LogP contribution in [0.2, 0.25) is 0 Å². The highest BCUT2D eigenvalue weighted by atomic mass is 16.2. The Kier molecular flexibility index (Phi) is 5.84. The van der Waals surface area contributed by atoms with Gasteiger partial charge in [-0.25, -0.2) is 0 Å². The van der Waals surface area contributed by atoms with E-state index in [1.165, 1.54) is 17.8 Å². The van der Waals surface area contributed by atoms with E-state index >= 15 is 0 Å². The van der Waals surface area contributed by atoms with Crippen molar-refractivity contribution in [2.45, 2.75) is 27.3 Å². The zero-order chi connectivity index (χ0) is 20.1. The Labute approximate surface area is 164 Å². The summed E-state index contributed by atoms with van der Waals surface area (Å²) < 4.78 is 0. The fraction of sp³-hybridized carbons (Fsp3) is 0.174. The summed E-state index contributed by atoms with van der Waals surface area (Å²) in [6.45, 7) is 6.37. The van der Waals surface area contributed by atoms with Crippen molar-refractivity contribution < 1.29 is 9.59 Å². The van der Waals surface area contributed by atoms with Crippen LogP contribution in [-0.2, 0) is 6.54 Å². The highest BCUT2D eigenvalue weighted by Crippen LogP contribution is 2.19. The Morgan fingerprint density at radius 1 is 0.929 bits per heavy atom. The second kappa shape index (κ2) is 8.48. The van der Waals surface area contributed by atoms with Crippen LogP contribution in [0.1, 0.15) is 43.1 Å². The molecule has 2 amide bonds. The minimum Gasteiger partial charge on any atom is -0.347 e. The number of hydrogen-bond acceptors (Lipinski definition) is 3. The highest BCUT2D eigenvalue weighted by Gasteiger charge is 2.13. The normalized spacial score (nSPS) is 10.4. The van der Waals surface area contributed by atoms with Gasteiger partial charge >= 0.3 is 0 Å². The molecule has 28 heavy (non-hydrogen) atoms. The van der Waals surface area contributed by atoms with Crippen LogP contribution in [-0.4, -0.2) is 16.8 Å². The number of pyridine rings is 1. The molecule has 0 spiro atoms. The molecule has 0 saturated heterocycles. The first-order chi connectivity index (χ1) is 13.4. The fourth-order valence-corrected chi connectivity index (χ4v) is 2.76. The summed E-state index contributed by atoms with van der Waals surface area (Å²) in [4.78, 5) is 29.1. The Bertz CT molecular complexity index is 1010. The van der Waals surface area contributed by atoms with Crippen molar-refractivity contribution in [3.8, 4) is 0 Å². The molecular weight excluding hydrogens is 350 g/mol. The van der Waals surface area contributed by atoms with Crippen LogP contribution in [0.4, 0.5) is 5.69 Å². The number of nitrogens with one attached hydrogen (secondary N) is 2. The largest absolute Gasteiger partial charge is 0.347 e. The lowest BCUT2D eigenvalue weighted by atomic mass is 10.1. The summed E-state index contributed by atoms with van der Waals surface area (Å²) in [7, 11) is 0. The van der Waals surface area contributed by atoms with Gasteiger partial charge in [0, 0.05) is 24.0 Å². The summed E-state index contributed by atoms with van der Waals surface area (Å²) in [6.07, 6.45) is 1.47. The number of carbonyl (C=O) groups excluding carboxylic acids is 2. The van der Waals surface area contributed by atoms with Gasteiger partial charge in [-0.15, -0.1) is 0 Å². The van der Waals surface area contributed by atoms with E-state index in [-0.39, 0.29) is 17.5 Å². The number of anilines is 1. The second-order valence-electron chi connectivity index (χ2n) is 6.80. The van der Waals surface area contributed by atoms with Crippen molar-refractivity contribution >= 4 is 17.5 Å². The number of aryl methyl sites for hydroxylation is 2. The van der Waals surface area contributed by atoms with Crippen molar-refractivity contribution in [1.82, 2.24) is 10.3 Å². The molecule has 0 bridgehead atoms. The van der Waals surface area contributed by atoms with Gasteiger partial charge in [-0.05, 0) is 55.7 Å². The standard InChI is InChI=1S/C23H23N3O2/c1-15-7-9-18(10-8-15)14-25-23(28)21-13-19(11-12-24-21)22(27)26-20-6-4-5-16(2)17(20)3/h4-13H,14H2,1-3H3,(H,25,28)(H,26,27). The number of nitrogens with zero attached hydrogens (tertiary/aromatic N) is 1. The molecule has 5 nitrogen and oxygen atoms in total. The predicted molar refractivity (Wildman–Crippen MR) is 110 cm³/mol. The van der Waals surface area contributed by atoms with E-state index < -0.39 is 0 Å². The quantitative estimate of drug-likeness (QED) is 0.704. The van der Waals surface area contributed by atoms with Crippen LogP contribution in [0.5, 0.6) is 0 Å². The van der Waals surface area contributed by atoms with Crippen molar-refractivity contribution in [3.63, 3.8) is 0 Å². The molecule has 1 aromatic heterocycles. The smallest absolute Gasteiger partial charge is 0.270 e. The highest BCUT2D eigenvalue weighted by molar-refractivity contribution is 6.06. The van der Waals surface area contributed by atoms with Gasteiger partial charge in [0.25, 0.3) is 11.8 Å². The first kappa shape index (κ1) is 19.3. The summed E-state index contributed by atoms with van der Waals surface area (Å²) in [6, 6.07) is 16.8. The van der Waals surface area contributed by atoms with Gasteiger partial charge in [0.2, 0.25) is 0 Å². The lowest BCUT2D eigenvalue weighted by Gasteiger charge is -2.11. The number of rotatable bonds is 5. The maximum absolute atomic E-state index is 12.6. The van der Waals surface area contributed by atoms with Gasteiger partial charge in [-0.2, -0.15) is 0 Å². The summed E-state index contributed by atoms with van der Waals surface area (Å²) >= 11 is 0. The average molecular weight is 373 g/mol. The number of hydrogen-bond donors (Lipinski definition) is 2. The minimum atomic E-state index is -0.318. The van der Waals surface area contributed by atoms with E-state index in [9.17, 15) is 9.59 Å². The lowest BCUT2D eigenvalue weighted by molar-refractivity contribution is 0.0946. The fourth-order valence-electron chi connectivity index (χ4n) is 2.76. The Morgan fingerprint density at radius 2 is 1.68 bits per heavy atom. The van der Waals surface area contributed by atoms with Crippen molar-refractivity contribution in [1.29, 1.82) is 0 Å². The van der Waals surface area contributed by atoms with Crippen LogP contribution in [0, 0.1) is 20.8 Å². The molecule has 0 atom stereocenters. The first-order valence-electron chi connectivity index (χ1n) is 9.11. The molecule has 142 valence electrons. The molecule has 0 aliphatic rings. The van der Waals surface area contributed by atoms with E-state index in [0.29, 0.717) is 12.1 Å². The molecule has 0 radical (unpaired) electrons. The minimum absolute atomic E-state index is 0.209. The molecule has 2 N–H and O–H groups in total. The van der Waals surface area contributed by atoms with Gasteiger partial charge in [0.05, 0.1) is 0 Å². The number of benzene rings is 2.